The normalized spacial score (nSPS) is 9.64. The van der Waals surface area contributed by atoms with Gasteiger partial charge in [-0.3, -0.25) is 0 Å². The van der Waals surface area contributed by atoms with E-state index in [1.165, 1.54) is 6.07 Å². The Kier molecular flexibility index (Phi) is 5.66. The van der Waals surface area contributed by atoms with Crippen molar-refractivity contribution in [3.8, 4) is 29.4 Å². The first-order chi connectivity index (χ1) is 10.7. The molecule has 4 nitrogen and oxygen atoms in total. The molecule has 0 bridgehead atoms. The quantitative estimate of drug-likeness (QED) is 0.711. The molecule has 0 spiro atoms. The molecule has 0 aliphatic rings. The number of benzene rings is 2. The Balaban J connectivity index is 2.36. The van der Waals surface area contributed by atoms with Crippen molar-refractivity contribution in [3.05, 3.63) is 52.5 Å². The fourth-order valence-corrected chi connectivity index (χ4v) is 2.07. The van der Waals surface area contributed by atoms with Gasteiger partial charge < -0.3 is 9.47 Å². The van der Waals surface area contributed by atoms with Crippen LogP contribution in [0.1, 0.15) is 11.1 Å². The molecule has 0 amide bonds. The SMILES string of the molecule is N#Cc1cc(C#N)cc(Oc2cc(Cl)ccc2OCCBr)c1. The van der Waals surface area contributed by atoms with E-state index >= 15 is 0 Å². The second-order valence-electron chi connectivity index (χ2n) is 4.20. The van der Waals surface area contributed by atoms with Gasteiger partial charge in [0.15, 0.2) is 11.5 Å². The monoisotopic (exact) mass is 376 g/mol. The molecule has 0 aliphatic carbocycles. The van der Waals surface area contributed by atoms with E-state index in [9.17, 15) is 0 Å². The highest BCUT2D eigenvalue weighted by Gasteiger charge is 2.09. The van der Waals surface area contributed by atoms with E-state index in [2.05, 4.69) is 15.9 Å². The molecular weight excluding hydrogens is 368 g/mol. The summed E-state index contributed by atoms with van der Waals surface area (Å²) in [4.78, 5) is 0. The molecule has 0 unspecified atom stereocenters. The molecule has 0 atom stereocenters. The fraction of sp³-hybridized carbons (Fsp3) is 0.125. The fourth-order valence-electron chi connectivity index (χ4n) is 1.74. The van der Waals surface area contributed by atoms with Crippen molar-refractivity contribution in [1.82, 2.24) is 0 Å². The van der Waals surface area contributed by atoms with Crippen LogP contribution in [-0.2, 0) is 0 Å². The van der Waals surface area contributed by atoms with Crippen LogP contribution < -0.4 is 9.47 Å². The number of alkyl halides is 1. The van der Waals surface area contributed by atoms with Gasteiger partial charge in [0.25, 0.3) is 0 Å². The zero-order valence-corrected chi connectivity index (χ0v) is 13.7. The van der Waals surface area contributed by atoms with Crippen molar-refractivity contribution in [3.63, 3.8) is 0 Å². The number of hydrogen-bond donors (Lipinski definition) is 0. The maximum Gasteiger partial charge on any atom is 0.170 e. The Morgan fingerprint density at radius 3 is 2.27 bits per heavy atom. The number of hydrogen-bond acceptors (Lipinski definition) is 4. The standard InChI is InChI=1S/C16H10BrClN2O2/c17-3-4-21-15-2-1-13(18)8-16(15)22-14-6-11(9-19)5-12(7-14)10-20/h1-2,5-8H,3-4H2. The lowest BCUT2D eigenvalue weighted by Crippen LogP contribution is -1.99. The van der Waals surface area contributed by atoms with Crippen LogP contribution in [0.15, 0.2) is 36.4 Å². The number of ether oxygens (including phenoxy) is 2. The van der Waals surface area contributed by atoms with Crippen LogP contribution in [-0.4, -0.2) is 11.9 Å². The Labute approximate surface area is 141 Å². The van der Waals surface area contributed by atoms with Crippen molar-refractivity contribution >= 4 is 27.5 Å². The maximum absolute atomic E-state index is 9.00. The molecule has 0 aliphatic heterocycles. The third-order valence-electron chi connectivity index (χ3n) is 2.63. The summed E-state index contributed by atoms with van der Waals surface area (Å²) < 4.78 is 11.3. The van der Waals surface area contributed by atoms with Crippen LogP contribution in [0, 0.1) is 22.7 Å². The molecule has 2 aromatic rings. The third-order valence-corrected chi connectivity index (χ3v) is 3.19. The lowest BCUT2D eigenvalue weighted by molar-refractivity contribution is 0.325. The average Bonchev–Trinajstić information content (AvgIpc) is 2.53. The zero-order valence-electron chi connectivity index (χ0n) is 11.3. The first-order valence-electron chi connectivity index (χ1n) is 6.27. The minimum absolute atomic E-state index is 0.346. The van der Waals surface area contributed by atoms with E-state index < -0.39 is 0 Å². The van der Waals surface area contributed by atoms with Gasteiger partial charge in [-0.1, -0.05) is 27.5 Å². The van der Waals surface area contributed by atoms with E-state index in [0.717, 1.165) is 0 Å². The second kappa shape index (κ2) is 7.70. The van der Waals surface area contributed by atoms with Crippen LogP contribution in [0.25, 0.3) is 0 Å². The summed E-state index contributed by atoms with van der Waals surface area (Å²) in [5.74, 6) is 1.33. The van der Waals surface area contributed by atoms with Crippen molar-refractivity contribution in [2.45, 2.75) is 0 Å². The van der Waals surface area contributed by atoms with Gasteiger partial charge in [-0.2, -0.15) is 10.5 Å². The van der Waals surface area contributed by atoms with E-state index in [1.807, 2.05) is 12.1 Å². The van der Waals surface area contributed by atoms with E-state index in [0.29, 0.717) is 45.3 Å². The van der Waals surface area contributed by atoms with Crippen LogP contribution in [0.3, 0.4) is 0 Å². The summed E-state index contributed by atoms with van der Waals surface area (Å²) in [6.07, 6.45) is 0. The number of nitriles is 2. The molecule has 0 heterocycles. The van der Waals surface area contributed by atoms with Crippen LogP contribution >= 0.6 is 27.5 Å². The van der Waals surface area contributed by atoms with Crippen molar-refractivity contribution in [2.75, 3.05) is 11.9 Å². The van der Waals surface area contributed by atoms with Gasteiger partial charge in [-0.25, -0.2) is 0 Å². The van der Waals surface area contributed by atoms with Gasteiger partial charge >= 0.3 is 0 Å². The lowest BCUT2D eigenvalue weighted by Gasteiger charge is -2.12. The predicted molar refractivity (Wildman–Crippen MR) is 86.7 cm³/mol. The molecule has 0 aromatic heterocycles. The molecule has 22 heavy (non-hydrogen) atoms. The number of halogens is 2. The van der Waals surface area contributed by atoms with Crippen molar-refractivity contribution < 1.29 is 9.47 Å². The highest BCUT2D eigenvalue weighted by molar-refractivity contribution is 9.09. The maximum atomic E-state index is 9.00. The van der Waals surface area contributed by atoms with Gasteiger partial charge in [0.1, 0.15) is 5.75 Å². The highest BCUT2D eigenvalue weighted by Crippen LogP contribution is 2.34. The molecule has 6 heteroatoms. The van der Waals surface area contributed by atoms with Gasteiger partial charge in [0.2, 0.25) is 0 Å². The summed E-state index contributed by atoms with van der Waals surface area (Å²) in [7, 11) is 0. The predicted octanol–water partition coefficient (Wildman–Crippen LogP) is 4.65. The van der Waals surface area contributed by atoms with Crippen LogP contribution in [0.4, 0.5) is 0 Å². The largest absolute Gasteiger partial charge is 0.489 e. The molecule has 0 saturated heterocycles. The number of rotatable bonds is 5. The Morgan fingerprint density at radius 1 is 1.00 bits per heavy atom. The Morgan fingerprint density at radius 2 is 1.68 bits per heavy atom. The topological polar surface area (TPSA) is 66.0 Å². The number of nitrogens with zero attached hydrogens (tertiary/aromatic N) is 2. The molecule has 0 N–H and O–H groups in total. The Bertz CT molecular complexity index is 733. The molecule has 110 valence electrons. The first-order valence-corrected chi connectivity index (χ1v) is 7.77. The van der Waals surface area contributed by atoms with Gasteiger partial charge in [-0.15, -0.1) is 0 Å². The molecule has 0 radical (unpaired) electrons. The minimum atomic E-state index is 0.346. The molecular formula is C16H10BrClN2O2. The summed E-state index contributed by atoms with van der Waals surface area (Å²) in [5.41, 5.74) is 0.693. The molecule has 0 saturated carbocycles. The van der Waals surface area contributed by atoms with E-state index in [4.69, 9.17) is 31.6 Å². The Hall–Kier alpha value is -2.21. The van der Waals surface area contributed by atoms with Crippen molar-refractivity contribution in [1.29, 1.82) is 10.5 Å². The van der Waals surface area contributed by atoms with Crippen molar-refractivity contribution in [2.24, 2.45) is 0 Å². The molecule has 2 rings (SSSR count). The molecule has 0 fully saturated rings. The zero-order chi connectivity index (χ0) is 15.9. The van der Waals surface area contributed by atoms with Crippen LogP contribution in [0.2, 0.25) is 5.02 Å². The second-order valence-corrected chi connectivity index (χ2v) is 5.43. The van der Waals surface area contributed by atoms with Gasteiger partial charge in [0.05, 0.1) is 29.9 Å². The minimum Gasteiger partial charge on any atom is -0.489 e. The highest BCUT2D eigenvalue weighted by atomic mass is 79.9. The average molecular weight is 378 g/mol. The summed E-state index contributed by atoms with van der Waals surface area (Å²) in [5, 5.41) is 19.2. The molecule has 2 aromatic carbocycles. The smallest absolute Gasteiger partial charge is 0.170 e. The van der Waals surface area contributed by atoms with Gasteiger partial charge in [0, 0.05) is 16.4 Å². The summed E-state index contributed by atoms with van der Waals surface area (Å²) >= 11 is 9.27. The van der Waals surface area contributed by atoms with E-state index in [-0.39, 0.29) is 0 Å². The van der Waals surface area contributed by atoms with Gasteiger partial charge in [-0.05, 0) is 30.3 Å². The van der Waals surface area contributed by atoms with E-state index in [1.54, 1.807) is 30.3 Å². The lowest BCUT2D eigenvalue weighted by atomic mass is 10.1. The summed E-state index contributed by atoms with van der Waals surface area (Å²) in [6.45, 7) is 0.472. The summed E-state index contributed by atoms with van der Waals surface area (Å²) in [6, 6.07) is 13.6. The van der Waals surface area contributed by atoms with Crippen LogP contribution in [0.5, 0.6) is 17.2 Å². The third kappa shape index (κ3) is 4.14. The first kappa shape index (κ1) is 16.2.